The molecule has 2 aromatic carbocycles. The second kappa shape index (κ2) is 8.33. The van der Waals surface area contributed by atoms with Gasteiger partial charge in [0.2, 0.25) is 10.0 Å². The first-order valence-corrected chi connectivity index (χ1v) is 11.2. The lowest BCUT2D eigenvalue weighted by atomic mass is 10.1. The van der Waals surface area contributed by atoms with Gasteiger partial charge in [-0.1, -0.05) is 30.3 Å². The molecule has 0 saturated carbocycles. The third-order valence-electron chi connectivity index (χ3n) is 4.90. The number of hydrogen-bond donors (Lipinski definition) is 2. The first-order valence-electron chi connectivity index (χ1n) is 9.68. The molecule has 0 radical (unpaired) electrons. The molecular weight excluding hydrogens is 414 g/mol. The zero-order chi connectivity index (χ0) is 22.0. The molecule has 0 spiro atoms. The third-order valence-corrected chi connectivity index (χ3v) is 5.83. The van der Waals surface area contributed by atoms with Crippen LogP contribution in [0.5, 0.6) is 0 Å². The topological polar surface area (TPSA) is 115 Å². The summed E-state index contributed by atoms with van der Waals surface area (Å²) in [5.74, 6) is 1.15. The molecule has 2 heterocycles. The number of benzene rings is 2. The van der Waals surface area contributed by atoms with Gasteiger partial charge in [0.1, 0.15) is 11.5 Å². The fourth-order valence-corrected chi connectivity index (χ4v) is 3.84. The van der Waals surface area contributed by atoms with E-state index < -0.39 is 10.0 Å². The average Bonchev–Trinajstić information content (AvgIpc) is 3.19. The summed E-state index contributed by atoms with van der Waals surface area (Å²) >= 11 is 0. The molecule has 0 aliphatic rings. The average molecular weight is 436 g/mol. The van der Waals surface area contributed by atoms with E-state index in [1.54, 1.807) is 18.2 Å². The molecule has 0 bridgehead atoms. The summed E-state index contributed by atoms with van der Waals surface area (Å²) in [6, 6.07) is 19.2. The number of primary sulfonamides is 1. The molecule has 8 heteroatoms. The minimum atomic E-state index is -3.72. The predicted molar refractivity (Wildman–Crippen MR) is 118 cm³/mol. The van der Waals surface area contributed by atoms with Crippen molar-refractivity contribution in [1.82, 2.24) is 10.3 Å². The minimum absolute atomic E-state index is 0.0595. The molecule has 31 heavy (non-hydrogen) atoms. The van der Waals surface area contributed by atoms with E-state index in [9.17, 15) is 13.2 Å². The normalized spacial score (nSPS) is 11.5. The maximum atomic E-state index is 13.0. The van der Waals surface area contributed by atoms with Crippen LogP contribution in [0.3, 0.4) is 0 Å². The van der Waals surface area contributed by atoms with Crippen molar-refractivity contribution < 1.29 is 17.6 Å². The van der Waals surface area contributed by atoms with Crippen LogP contribution in [-0.4, -0.2) is 25.9 Å². The van der Waals surface area contributed by atoms with Gasteiger partial charge in [0.15, 0.2) is 5.76 Å². The summed E-state index contributed by atoms with van der Waals surface area (Å²) in [4.78, 5) is 17.6. The second-order valence-corrected chi connectivity index (χ2v) is 8.74. The molecule has 1 amide bonds. The lowest BCUT2D eigenvalue weighted by Crippen LogP contribution is -2.26. The van der Waals surface area contributed by atoms with Gasteiger partial charge >= 0.3 is 0 Å². The zero-order valence-electron chi connectivity index (χ0n) is 16.8. The molecular formula is C23H21N3O4S. The maximum absolute atomic E-state index is 13.0. The highest BCUT2D eigenvalue weighted by Gasteiger charge is 2.15. The Balaban J connectivity index is 1.53. The molecule has 0 aliphatic heterocycles. The van der Waals surface area contributed by atoms with E-state index in [0.717, 1.165) is 16.7 Å². The van der Waals surface area contributed by atoms with Crippen LogP contribution in [-0.2, 0) is 16.4 Å². The number of amides is 1. The van der Waals surface area contributed by atoms with Crippen molar-refractivity contribution in [3.8, 4) is 11.5 Å². The van der Waals surface area contributed by atoms with E-state index in [1.807, 2.05) is 43.3 Å². The standard InChI is InChI=1S/C23H21N3O4S/c1-15-6-11-22(30-15)21-14-19(18-4-2-3-5-20(18)26-21)23(27)25-13-12-16-7-9-17(10-8-16)31(24,28)29/h2-11,14H,12-13H2,1H3,(H,25,27)(H2,24,28,29). The molecule has 3 N–H and O–H groups in total. The maximum Gasteiger partial charge on any atom is 0.252 e. The van der Waals surface area contributed by atoms with E-state index in [1.165, 1.54) is 12.1 Å². The summed E-state index contributed by atoms with van der Waals surface area (Å²) in [7, 11) is -3.72. The van der Waals surface area contributed by atoms with E-state index in [-0.39, 0.29) is 10.8 Å². The predicted octanol–water partition coefficient (Wildman–Crippen LogP) is 3.42. The molecule has 0 unspecified atom stereocenters. The Labute approximate surface area is 180 Å². The smallest absolute Gasteiger partial charge is 0.252 e. The van der Waals surface area contributed by atoms with Crippen molar-refractivity contribution in [2.75, 3.05) is 6.54 Å². The van der Waals surface area contributed by atoms with Crippen molar-refractivity contribution >= 4 is 26.8 Å². The van der Waals surface area contributed by atoms with Gasteiger partial charge in [-0.3, -0.25) is 4.79 Å². The van der Waals surface area contributed by atoms with Crippen LogP contribution >= 0.6 is 0 Å². The Hall–Kier alpha value is -3.49. The second-order valence-electron chi connectivity index (χ2n) is 7.18. The number of para-hydroxylation sites is 1. The van der Waals surface area contributed by atoms with Crippen LogP contribution in [0.2, 0.25) is 0 Å². The van der Waals surface area contributed by atoms with Crippen LogP contribution in [0.25, 0.3) is 22.4 Å². The number of rotatable bonds is 6. The van der Waals surface area contributed by atoms with Crippen molar-refractivity contribution in [2.45, 2.75) is 18.2 Å². The van der Waals surface area contributed by atoms with Crippen molar-refractivity contribution in [1.29, 1.82) is 0 Å². The number of pyridine rings is 1. The molecule has 0 aliphatic carbocycles. The molecule has 7 nitrogen and oxygen atoms in total. The van der Waals surface area contributed by atoms with E-state index in [2.05, 4.69) is 10.3 Å². The highest BCUT2D eigenvalue weighted by Crippen LogP contribution is 2.26. The summed E-state index contributed by atoms with van der Waals surface area (Å²) in [5, 5.41) is 8.80. The van der Waals surface area contributed by atoms with Gasteiger partial charge < -0.3 is 9.73 Å². The Bertz CT molecular complexity index is 1360. The van der Waals surface area contributed by atoms with Crippen LogP contribution in [0.15, 0.2) is 76.0 Å². The number of carbonyl (C=O) groups excluding carboxylic acids is 1. The molecule has 2 aromatic heterocycles. The van der Waals surface area contributed by atoms with Crippen molar-refractivity contribution in [3.05, 3.63) is 83.6 Å². The molecule has 4 rings (SSSR count). The van der Waals surface area contributed by atoms with Crippen LogP contribution in [0.4, 0.5) is 0 Å². The number of furan rings is 1. The number of aromatic nitrogens is 1. The lowest BCUT2D eigenvalue weighted by Gasteiger charge is -2.10. The summed E-state index contributed by atoms with van der Waals surface area (Å²) in [6.07, 6.45) is 0.546. The minimum Gasteiger partial charge on any atom is -0.460 e. The fourth-order valence-electron chi connectivity index (χ4n) is 3.32. The van der Waals surface area contributed by atoms with Gasteiger partial charge in [-0.2, -0.15) is 0 Å². The van der Waals surface area contributed by atoms with Crippen molar-refractivity contribution in [3.63, 3.8) is 0 Å². The van der Waals surface area contributed by atoms with Gasteiger partial charge in [-0.05, 0) is 55.3 Å². The van der Waals surface area contributed by atoms with Gasteiger partial charge in [0.25, 0.3) is 5.91 Å². The molecule has 0 saturated heterocycles. The van der Waals surface area contributed by atoms with E-state index >= 15 is 0 Å². The number of nitrogens with one attached hydrogen (secondary N) is 1. The van der Waals surface area contributed by atoms with E-state index in [0.29, 0.717) is 35.5 Å². The van der Waals surface area contributed by atoms with Gasteiger partial charge in [-0.15, -0.1) is 0 Å². The number of nitrogens with zero attached hydrogens (tertiary/aromatic N) is 1. The number of aryl methyl sites for hydroxylation is 1. The Morgan fingerprint density at radius 3 is 2.48 bits per heavy atom. The molecule has 0 atom stereocenters. The molecule has 0 fully saturated rings. The summed E-state index contributed by atoms with van der Waals surface area (Å²) in [6.45, 7) is 2.24. The Kier molecular flexibility index (Phi) is 5.58. The molecule has 4 aromatic rings. The number of fused-ring (bicyclic) bond motifs is 1. The van der Waals surface area contributed by atoms with Crippen LogP contribution < -0.4 is 10.5 Å². The monoisotopic (exact) mass is 435 g/mol. The first kappa shape index (κ1) is 20.8. The third kappa shape index (κ3) is 4.65. The Morgan fingerprint density at radius 1 is 1.06 bits per heavy atom. The fraction of sp³-hybridized carbons (Fsp3) is 0.130. The largest absolute Gasteiger partial charge is 0.460 e. The highest BCUT2D eigenvalue weighted by atomic mass is 32.2. The number of hydrogen-bond acceptors (Lipinski definition) is 5. The zero-order valence-corrected chi connectivity index (χ0v) is 17.6. The number of carbonyl (C=O) groups is 1. The Morgan fingerprint density at radius 2 is 1.81 bits per heavy atom. The number of nitrogens with two attached hydrogens (primary N) is 1. The van der Waals surface area contributed by atoms with Crippen LogP contribution in [0, 0.1) is 6.92 Å². The van der Waals surface area contributed by atoms with Gasteiger partial charge in [-0.25, -0.2) is 18.5 Å². The quantitative estimate of drug-likeness (QED) is 0.481. The van der Waals surface area contributed by atoms with Gasteiger partial charge in [0.05, 0.1) is 16.0 Å². The van der Waals surface area contributed by atoms with Crippen molar-refractivity contribution in [2.24, 2.45) is 5.14 Å². The first-order chi connectivity index (χ1) is 14.8. The summed E-state index contributed by atoms with van der Waals surface area (Å²) in [5.41, 5.74) is 2.70. The SMILES string of the molecule is Cc1ccc(-c2cc(C(=O)NCCc3ccc(S(N)(=O)=O)cc3)c3ccccc3n2)o1. The summed E-state index contributed by atoms with van der Waals surface area (Å²) < 4.78 is 28.4. The van der Waals surface area contributed by atoms with Gasteiger partial charge in [0, 0.05) is 11.9 Å². The lowest BCUT2D eigenvalue weighted by molar-refractivity contribution is 0.0955. The molecule has 158 valence electrons. The van der Waals surface area contributed by atoms with Crippen LogP contribution in [0.1, 0.15) is 21.7 Å². The van der Waals surface area contributed by atoms with E-state index in [4.69, 9.17) is 9.56 Å². The highest BCUT2D eigenvalue weighted by molar-refractivity contribution is 7.89. The number of sulfonamides is 1.